The highest BCUT2D eigenvalue weighted by molar-refractivity contribution is 6.31. The van der Waals surface area contributed by atoms with Crippen molar-refractivity contribution >= 4 is 23.6 Å². The van der Waals surface area contributed by atoms with E-state index in [1.54, 1.807) is 17.0 Å². The standard InChI is InChI=1S/C29H23ClN4O2/c1-2-15-32-29(35)23(18-31)16-24-19-34(25-11-4-3-5-12-25)33-28(24)21-10-8-13-26(17-21)36-20-22-9-6-7-14-27(22)30/h2-14,16-17,19H,1,15,20H2,(H,32,35). The van der Waals surface area contributed by atoms with Gasteiger partial charge in [0.2, 0.25) is 0 Å². The maximum atomic E-state index is 12.5. The molecule has 1 heterocycles. The summed E-state index contributed by atoms with van der Waals surface area (Å²) in [6, 6.07) is 26.6. The summed E-state index contributed by atoms with van der Waals surface area (Å²) in [5.74, 6) is 0.161. The largest absolute Gasteiger partial charge is 0.489 e. The first-order valence-electron chi connectivity index (χ1n) is 11.2. The Kier molecular flexibility index (Phi) is 7.97. The molecule has 0 aliphatic carbocycles. The summed E-state index contributed by atoms with van der Waals surface area (Å²) in [4.78, 5) is 12.5. The van der Waals surface area contributed by atoms with Gasteiger partial charge in [-0.3, -0.25) is 4.79 Å². The highest BCUT2D eigenvalue weighted by Crippen LogP contribution is 2.29. The molecule has 0 spiro atoms. The number of hydrogen-bond acceptors (Lipinski definition) is 4. The minimum Gasteiger partial charge on any atom is -0.489 e. The second-order valence-electron chi connectivity index (χ2n) is 7.79. The molecule has 7 heteroatoms. The number of benzene rings is 3. The van der Waals surface area contributed by atoms with Crippen LogP contribution in [0.15, 0.2) is 103 Å². The van der Waals surface area contributed by atoms with Crippen LogP contribution in [0.1, 0.15) is 11.1 Å². The Morgan fingerprint density at radius 2 is 1.89 bits per heavy atom. The van der Waals surface area contributed by atoms with Crippen molar-refractivity contribution < 1.29 is 9.53 Å². The van der Waals surface area contributed by atoms with Crippen molar-refractivity contribution in [2.45, 2.75) is 6.61 Å². The third-order valence-corrected chi connectivity index (χ3v) is 5.66. The van der Waals surface area contributed by atoms with E-state index < -0.39 is 5.91 Å². The van der Waals surface area contributed by atoms with Gasteiger partial charge in [0.25, 0.3) is 5.91 Å². The molecule has 0 aliphatic heterocycles. The van der Waals surface area contributed by atoms with Gasteiger partial charge in [0.1, 0.15) is 29.7 Å². The zero-order chi connectivity index (χ0) is 25.3. The van der Waals surface area contributed by atoms with E-state index in [9.17, 15) is 10.1 Å². The van der Waals surface area contributed by atoms with Crippen LogP contribution in [-0.2, 0) is 11.4 Å². The molecule has 0 bridgehead atoms. The number of nitriles is 1. The van der Waals surface area contributed by atoms with Gasteiger partial charge in [0, 0.05) is 34.5 Å². The summed E-state index contributed by atoms with van der Waals surface area (Å²) < 4.78 is 7.71. The zero-order valence-corrected chi connectivity index (χ0v) is 20.2. The van der Waals surface area contributed by atoms with Crippen molar-refractivity contribution in [1.82, 2.24) is 15.1 Å². The molecule has 4 aromatic rings. The number of hydrogen-bond donors (Lipinski definition) is 1. The molecule has 1 amide bonds. The van der Waals surface area contributed by atoms with Gasteiger partial charge in [0.15, 0.2) is 0 Å². The van der Waals surface area contributed by atoms with Crippen molar-refractivity contribution in [2.75, 3.05) is 6.54 Å². The number of amides is 1. The molecule has 1 N–H and O–H groups in total. The summed E-state index contributed by atoms with van der Waals surface area (Å²) in [5, 5.41) is 17.7. The number of rotatable bonds is 9. The summed E-state index contributed by atoms with van der Waals surface area (Å²) in [6.45, 7) is 4.17. The molecule has 36 heavy (non-hydrogen) atoms. The first-order valence-corrected chi connectivity index (χ1v) is 11.6. The summed E-state index contributed by atoms with van der Waals surface area (Å²) in [5.41, 5.74) is 3.69. The number of carbonyl (C=O) groups excluding carboxylic acids is 1. The molecule has 3 aromatic carbocycles. The fourth-order valence-electron chi connectivity index (χ4n) is 3.50. The van der Waals surface area contributed by atoms with E-state index in [0.29, 0.717) is 28.6 Å². The van der Waals surface area contributed by atoms with Crippen LogP contribution in [0.4, 0.5) is 0 Å². The fraction of sp³-hybridized carbons (Fsp3) is 0.0690. The Bertz CT molecular complexity index is 1450. The maximum Gasteiger partial charge on any atom is 0.262 e. The van der Waals surface area contributed by atoms with Crippen LogP contribution in [0.2, 0.25) is 5.02 Å². The number of para-hydroxylation sites is 1. The lowest BCUT2D eigenvalue weighted by Crippen LogP contribution is -2.24. The van der Waals surface area contributed by atoms with Gasteiger partial charge in [-0.25, -0.2) is 4.68 Å². The van der Waals surface area contributed by atoms with E-state index in [0.717, 1.165) is 16.8 Å². The molecule has 6 nitrogen and oxygen atoms in total. The number of carbonyl (C=O) groups is 1. The number of aromatic nitrogens is 2. The highest BCUT2D eigenvalue weighted by atomic mass is 35.5. The van der Waals surface area contributed by atoms with E-state index in [2.05, 4.69) is 11.9 Å². The minimum absolute atomic E-state index is 0.0307. The van der Waals surface area contributed by atoms with Crippen molar-refractivity contribution in [3.63, 3.8) is 0 Å². The molecule has 0 radical (unpaired) electrons. The van der Waals surface area contributed by atoms with E-state index >= 15 is 0 Å². The van der Waals surface area contributed by atoms with Crippen molar-refractivity contribution in [1.29, 1.82) is 5.26 Å². The number of nitrogens with one attached hydrogen (secondary N) is 1. The smallest absolute Gasteiger partial charge is 0.262 e. The third-order valence-electron chi connectivity index (χ3n) is 5.29. The van der Waals surface area contributed by atoms with Gasteiger partial charge >= 0.3 is 0 Å². The number of ether oxygens (including phenoxy) is 1. The van der Waals surface area contributed by atoms with Crippen LogP contribution in [0, 0.1) is 11.3 Å². The van der Waals surface area contributed by atoms with Crippen LogP contribution in [0.3, 0.4) is 0 Å². The highest BCUT2D eigenvalue weighted by Gasteiger charge is 2.15. The second-order valence-corrected chi connectivity index (χ2v) is 8.20. The van der Waals surface area contributed by atoms with Crippen LogP contribution >= 0.6 is 11.6 Å². The van der Waals surface area contributed by atoms with Crippen molar-refractivity contribution in [3.8, 4) is 28.8 Å². The lowest BCUT2D eigenvalue weighted by atomic mass is 10.1. The van der Waals surface area contributed by atoms with Crippen molar-refractivity contribution in [2.24, 2.45) is 0 Å². The minimum atomic E-state index is -0.479. The fourth-order valence-corrected chi connectivity index (χ4v) is 3.69. The Morgan fingerprint density at radius 1 is 1.11 bits per heavy atom. The molecular formula is C29H23ClN4O2. The summed E-state index contributed by atoms with van der Waals surface area (Å²) in [6.07, 6.45) is 4.89. The first kappa shape index (κ1) is 24.5. The van der Waals surface area contributed by atoms with E-state index in [1.807, 2.05) is 84.9 Å². The molecule has 0 saturated heterocycles. The van der Waals surface area contributed by atoms with E-state index in [-0.39, 0.29) is 12.1 Å². The van der Waals surface area contributed by atoms with Crippen molar-refractivity contribution in [3.05, 3.63) is 119 Å². The Balaban J connectivity index is 1.71. The summed E-state index contributed by atoms with van der Waals surface area (Å²) in [7, 11) is 0. The summed E-state index contributed by atoms with van der Waals surface area (Å²) >= 11 is 6.26. The average molecular weight is 495 g/mol. The SMILES string of the molecule is C=CCNC(=O)C(C#N)=Cc1cn(-c2ccccc2)nc1-c1cccc(OCc2ccccc2Cl)c1. The zero-order valence-electron chi connectivity index (χ0n) is 19.4. The monoisotopic (exact) mass is 494 g/mol. The predicted octanol–water partition coefficient (Wildman–Crippen LogP) is 5.98. The van der Waals surface area contributed by atoms with Crippen LogP contribution in [0.25, 0.3) is 23.0 Å². The lowest BCUT2D eigenvalue weighted by molar-refractivity contribution is -0.116. The van der Waals surface area contributed by atoms with Gasteiger partial charge < -0.3 is 10.1 Å². The molecule has 1 aromatic heterocycles. The van der Waals surface area contributed by atoms with E-state index in [1.165, 1.54) is 6.08 Å². The topological polar surface area (TPSA) is 79.9 Å². The normalized spacial score (nSPS) is 10.9. The van der Waals surface area contributed by atoms with Gasteiger partial charge in [-0.15, -0.1) is 6.58 Å². The average Bonchev–Trinajstić information content (AvgIpc) is 3.34. The van der Waals surface area contributed by atoms with Gasteiger partial charge in [-0.2, -0.15) is 10.4 Å². The lowest BCUT2D eigenvalue weighted by Gasteiger charge is -2.09. The van der Waals surface area contributed by atoms with Gasteiger partial charge in [-0.1, -0.05) is 66.2 Å². The maximum absolute atomic E-state index is 12.5. The van der Waals surface area contributed by atoms with E-state index in [4.69, 9.17) is 21.4 Å². The third kappa shape index (κ3) is 5.90. The molecule has 4 rings (SSSR count). The molecule has 0 unspecified atom stereocenters. The van der Waals surface area contributed by atoms with Crippen LogP contribution in [-0.4, -0.2) is 22.2 Å². The Hall–Kier alpha value is -4.60. The van der Waals surface area contributed by atoms with Crippen LogP contribution < -0.4 is 10.1 Å². The first-order chi connectivity index (χ1) is 17.6. The number of nitrogens with zero attached hydrogens (tertiary/aromatic N) is 3. The Labute approximate surface area is 214 Å². The molecule has 0 fully saturated rings. The van der Waals surface area contributed by atoms with Gasteiger partial charge in [0.05, 0.1) is 5.69 Å². The quantitative estimate of drug-likeness (QED) is 0.176. The second kappa shape index (κ2) is 11.7. The van der Waals surface area contributed by atoms with Crippen LogP contribution in [0.5, 0.6) is 5.75 Å². The van der Waals surface area contributed by atoms with Gasteiger partial charge in [-0.05, 0) is 36.4 Å². The Morgan fingerprint density at radius 3 is 2.64 bits per heavy atom. The number of halogens is 1. The predicted molar refractivity (Wildman–Crippen MR) is 142 cm³/mol. The molecular weight excluding hydrogens is 472 g/mol. The molecule has 0 aliphatic rings. The molecule has 178 valence electrons. The molecule has 0 saturated carbocycles. The molecule has 0 atom stereocenters.